The molecule has 1 aliphatic carbocycles. The van der Waals surface area contributed by atoms with E-state index in [1.807, 2.05) is 0 Å². The molecule has 0 amide bonds. The Kier molecular flexibility index (Phi) is 6.05. The van der Waals surface area contributed by atoms with Gasteiger partial charge in [0, 0.05) is 31.1 Å². The molecule has 1 saturated carbocycles. The molecule has 0 saturated heterocycles. The van der Waals surface area contributed by atoms with Gasteiger partial charge < -0.3 is 14.2 Å². The van der Waals surface area contributed by atoms with E-state index in [4.69, 9.17) is 25.8 Å². The van der Waals surface area contributed by atoms with Gasteiger partial charge in [-0.1, -0.05) is 13.8 Å². The third-order valence-electron chi connectivity index (χ3n) is 3.24. The lowest BCUT2D eigenvalue weighted by Gasteiger charge is -2.48. The highest BCUT2D eigenvalue weighted by Crippen LogP contribution is 2.46. The van der Waals surface area contributed by atoms with Crippen LogP contribution < -0.4 is 0 Å². The summed E-state index contributed by atoms with van der Waals surface area (Å²) in [5.74, 6) is 0. The fraction of sp³-hybridized carbons (Fsp3) is 1.00. The minimum absolute atomic E-state index is 0.109. The molecule has 0 N–H and O–H groups in total. The molecule has 1 fully saturated rings. The van der Waals surface area contributed by atoms with E-state index in [0.29, 0.717) is 13.2 Å². The molecule has 0 aromatic carbocycles. The van der Waals surface area contributed by atoms with E-state index in [0.717, 1.165) is 26.1 Å². The number of alkyl halides is 1. The first kappa shape index (κ1) is 14.2. The Morgan fingerprint density at radius 1 is 1.19 bits per heavy atom. The van der Waals surface area contributed by atoms with Crippen LogP contribution in [0.15, 0.2) is 0 Å². The van der Waals surface area contributed by atoms with Crippen LogP contribution in [0.4, 0.5) is 0 Å². The fourth-order valence-electron chi connectivity index (χ4n) is 1.78. The van der Waals surface area contributed by atoms with Crippen LogP contribution in [0.1, 0.15) is 26.7 Å². The number of rotatable bonds is 8. The topological polar surface area (TPSA) is 27.7 Å². The van der Waals surface area contributed by atoms with Gasteiger partial charge in [0.2, 0.25) is 0 Å². The summed E-state index contributed by atoms with van der Waals surface area (Å²) in [7, 11) is 1.70. The Morgan fingerprint density at radius 3 is 2.50 bits per heavy atom. The zero-order chi connectivity index (χ0) is 12.0. The SMILES string of the molecule is COCCCOCCOC1CC(Cl)C1(C)C. The van der Waals surface area contributed by atoms with Gasteiger partial charge in [0.15, 0.2) is 0 Å². The summed E-state index contributed by atoms with van der Waals surface area (Å²) < 4.78 is 16.1. The number of halogens is 1. The van der Waals surface area contributed by atoms with Crippen molar-refractivity contribution in [2.45, 2.75) is 38.2 Å². The van der Waals surface area contributed by atoms with Gasteiger partial charge in [0.05, 0.1) is 19.3 Å². The van der Waals surface area contributed by atoms with Gasteiger partial charge in [-0.05, 0) is 12.8 Å². The standard InChI is InChI=1S/C12H23ClO3/c1-12(2)10(13)9-11(12)16-8-7-15-6-4-5-14-3/h10-11H,4-9H2,1-3H3. The lowest BCUT2D eigenvalue weighted by atomic mass is 9.68. The predicted molar refractivity (Wildman–Crippen MR) is 65.1 cm³/mol. The van der Waals surface area contributed by atoms with Crippen molar-refractivity contribution in [3.05, 3.63) is 0 Å². The highest BCUT2D eigenvalue weighted by atomic mass is 35.5. The zero-order valence-electron chi connectivity index (χ0n) is 10.5. The lowest BCUT2D eigenvalue weighted by molar-refractivity contribution is -0.102. The van der Waals surface area contributed by atoms with Crippen LogP contribution in [0.2, 0.25) is 0 Å². The maximum Gasteiger partial charge on any atom is 0.0704 e. The molecule has 16 heavy (non-hydrogen) atoms. The average Bonchev–Trinajstić information content (AvgIpc) is 2.26. The van der Waals surface area contributed by atoms with Crippen LogP contribution >= 0.6 is 11.6 Å². The number of methoxy groups -OCH3 is 1. The molecule has 0 heterocycles. The second kappa shape index (κ2) is 6.80. The molecule has 1 rings (SSSR count). The first-order valence-corrected chi connectivity index (χ1v) is 6.35. The summed E-state index contributed by atoms with van der Waals surface area (Å²) in [5, 5.41) is 0.250. The van der Waals surface area contributed by atoms with Crippen LogP contribution in [-0.4, -0.2) is 45.0 Å². The minimum atomic E-state index is 0.109. The Bertz CT molecular complexity index is 197. The number of ether oxygens (including phenoxy) is 3. The van der Waals surface area contributed by atoms with Crippen molar-refractivity contribution >= 4 is 11.6 Å². The van der Waals surface area contributed by atoms with Crippen molar-refractivity contribution in [2.24, 2.45) is 5.41 Å². The summed E-state index contributed by atoms with van der Waals surface area (Å²) >= 11 is 6.11. The van der Waals surface area contributed by atoms with Crippen molar-refractivity contribution < 1.29 is 14.2 Å². The van der Waals surface area contributed by atoms with Gasteiger partial charge in [-0.25, -0.2) is 0 Å². The van der Waals surface area contributed by atoms with Crippen molar-refractivity contribution in [2.75, 3.05) is 33.5 Å². The first-order valence-electron chi connectivity index (χ1n) is 5.91. The van der Waals surface area contributed by atoms with Crippen LogP contribution in [0.5, 0.6) is 0 Å². The van der Waals surface area contributed by atoms with Gasteiger partial charge >= 0.3 is 0 Å². The minimum Gasteiger partial charge on any atom is -0.385 e. The van der Waals surface area contributed by atoms with E-state index >= 15 is 0 Å². The molecule has 0 bridgehead atoms. The highest BCUT2D eigenvalue weighted by Gasteiger charge is 2.47. The molecule has 3 nitrogen and oxygen atoms in total. The Morgan fingerprint density at radius 2 is 1.94 bits per heavy atom. The monoisotopic (exact) mass is 250 g/mol. The summed E-state index contributed by atoms with van der Waals surface area (Å²) in [5.41, 5.74) is 0.109. The largest absolute Gasteiger partial charge is 0.385 e. The molecule has 0 aromatic rings. The molecular formula is C12H23ClO3. The predicted octanol–water partition coefficient (Wildman–Crippen LogP) is 2.46. The summed E-state index contributed by atoms with van der Waals surface area (Å²) in [6.07, 6.45) is 2.19. The number of hydrogen-bond donors (Lipinski definition) is 0. The average molecular weight is 251 g/mol. The molecule has 96 valence electrons. The van der Waals surface area contributed by atoms with Crippen LogP contribution in [-0.2, 0) is 14.2 Å². The van der Waals surface area contributed by atoms with Gasteiger partial charge in [-0.2, -0.15) is 0 Å². The van der Waals surface area contributed by atoms with Crippen LogP contribution in [0.25, 0.3) is 0 Å². The van der Waals surface area contributed by atoms with E-state index in [9.17, 15) is 0 Å². The van der Waals surface area contributed by atoms with Crippen molar-refractivity contribution in [3.8, 4) is 0 Å². The van der Waals surface area contributed by atoms with E-state index < -0.39 is 0 Å². The van der Waals surface area contributed by atoms with Crippen LogP contribution in [0, 0.1) is 5.41 Å². The van der Waals surface area contributed by atoms with Crippen molar-refractivity contribution in [3.63, 3.8) is 0 Å². The third kappa shape index (κ3) is 3.88. The van der Waals surface area contributed by atoms with Gasteiger partial charge in [0.1, 0.15) is 0 Å². The normalized spacial score (nSPS) is 27.8. The zero-order valence-corrected chi connectivity index (χ0v) is 11.3. The molecule has 0 aliphatic heterocycles. The van der Waals surface area contributed by atoms with Gasteiger partial charge in [0.25, 0.3) is 0 Å². The Balaban J connectivity index is 1.93. The maximum absolute atomic E-state index is 6.11. The summed E-state index contributed by atoms with van der Waals surface area (Å²) in [4.78, 5) is 0. The van der Waals surface area contributed by atoms with E-state index in [1.165, 1.54) is 0 Å². The summed E-state index contributed by atoms with van der Waals surface area (Å²) in [6.45, 7) is 7.11. The highest BCUT2D eigenvalue weighted by molar-refractivity contribution is 6.21. The molecule has 1 aliphatic rings. The molecule has 2 atom stereocenters. The van der Waals surface area contributed by atoms with Gasteiger partial charge in [-0.15, -0.1) is 11.6 Å². The molecular weight excluding hydrogens is 228 g/mol. The second-order valence-corrected chi connectivity index (χ2v) is 5.37. The maximum atomic E-state index is 6.11. The molecule has 0 radical (unpaired) electrons. The third-order valence-corrected chi connectivity index (χ3v) is 3.98. The molecule has 4 heteroatoms. The van der Waals surface area contributed by atoms with E-state index in [1.54, 1.807) is 7.11 Å². The quantitative estimate of drug-likeness (QED) is 0.489. The van der Waals surface area contributed by atoms with Crippen molar-refractivity contribution in [1.82, 2.24) is 0 Å². The Labute approximate surface area is 103 Å². The fourth-order valence-corrected chi connectivity index (χ4v) is 2.08. The molecule has 2 unspecified atom stereocenters. The van der Waals surface area contributed by atoms with Gasteiger partial charge in [-0.3, -0.25) is 0 Å². The van der Waals surface area contributed by atoms with E-state index in [2.05, 4.69) is 13.8 Å². The second-order valence-electron chi connectivity index (χ2n) is 4.84. The number of hydrogen-bond acceptors (Lipinski definition) is 3. The first-order chi connectivity index (χ1) is 7.59. The Hall–Kier alpha value is 0.170. The molecule has 0 aromatic heterocycles. The van der Waals surface area contributed by atoms with Crippen LogP contribution in [0.3, 0.4) is 0 Å². The summed E-state index contributed by atoms with van der Waals surface area (Å²) in [6, 6.07) is 0. The van der Waals surface area contributed by atoms with E-state index in [-0.39, 0.29) is 16.9 Å². The van der Waals surface area contributed by atoms with Crippen molar-refractivity contribution in [1.29, 1.82) is 0 Å². The lowest BCUT2D eigenvalue weighted by Crippen LogP contribution is -2.52. The molecule has 0 spiro atoms. The smallest absolute Gasteiger partial charge is 0.0704 e.